The molecule has 0 aromatic heterocycles. The van der Waals surface area contributed by atoms with Gasteiger partial charge in [-0.2, -0.15) is 11.8 Å². The summed E-state index contributed by atoms with van der Waals surface area (Å²) < 4.78 is 0. The van der Waals surface area contributed by atoms with E-state index in [-0.39, 0.29) is 0 Å². The van der Waals surface area contributed by atoms with Gasteiger partial charge in [0, 0.05) is 0 Å². The summed E-state index contributed by atoms with van der Waals surface area (Å²) in [5.74, 6) is 2.38. The third kappa shape index (κ3) is 7.39. The van der Waals surface area contributed by atoms with Gasteiger partial charge in [-0.15, -0.1) is 0 Å². The van der Waals surface area contributed by atoms with Crippen LogP contribution < -0.4 is 5.32 Å². The molecule has 0 bridgehead atoms. The van der Waals surface area contributed by atoms with E-state index in [4.69, 9.17) is 0 Å². The molecule has 1 fully saturated rings. The van der Waals surface area contributed by atoms with Crippen molar-refractivity contribution in [2.24, 2.45) is 5.92 Å². The molecular formula is C11H25NS. The van der Waals surface area contributed by atoms with Crippen LogP contribution in [0.4, 0.5) is 0 Å². The van der Waals surface area contributed by atoms with Crippen molar-refractivity contribution in [1.29, 1.82) is 0 Å². The minimum absolute atomic E-state index is 1.03. The van der Waals surface area contributed by atoms with Crippen LogP contribution in [0.5, 0.6) is 0 Å². The normalized spacial score (nSPS) is 17.8. The lowest BCUT2D eigenvalue weighted by atomic mass is 9.94. The smallest absolute Gasteiger partial charge is 0.00463 e. The van der Waals surface area contributed by atoms with Gasteiger partial charge in [-0.3, -0.25) is 0 Å². The zero-order valence-electron chi connectivity index (χ0n) is 9.44. The van der Waals surface area contributed by atoms with Crippen LogP contribution in [-0.4, -0.2) is 25.1 Å². The second kappa shape index (κ2) is 10.4. The van der Waals surface area contributed by atoms with Crippen LogP contribution in [0, 0.1) is 5.92 Å². The zero-order chi connectivity index (χ0) is 9.94. The van der Waals surface area contributed by atoms with E-state index in [1.54, 1.807) is 0 Å². The van der Waals surface area contributed by atoms with Gasteiger partial charge in [0.15, 0.2) is 0 Å². The Hall–Kier alpha value is 0.310. The van der Waals surface area contributed by atoms with Crippen LogP contribution in [0.3, 0.4) is 0 Å². The predicted octanol–water partition coefficient (Wildman–Crippen LogP) is 3.16. The monoisotopic (exact) mass is 203 g/mol. The zero-order valence-corrected chi connectivity index (χ0v) is 10.3. The van der Waals surface area contributed by atoms with E-state index in [2.05, 4.69) is 11.6 Å². The number of rotatable bonds is 4. The number of hydrogen-bond acceptors (Lipinski definition) is 2. The van der Waals surface area contributed by atoms with Gasteiger partial charge in [-0.1, -0.05) is 13.8 Å². The Morgan fingerprint density at radius 1 is 1.23 bits per heavy atom. The van der Waals surface area contributed by atoms with Gasteiger partial charge in [0.05, 0.1) is 0 Å². The summed E-state index contributed by atoms with van der Waals surface area (Å²) in [6.45, 7) is 6.51. The predicted molar refractivity (Wildman–Crippen MR) is 64.6 cm³/mol. The van der Waals surface area contributed by atoms with E-state index in [0.717, 1.165) is 5.92 Å². The summed E-state index contributed by atoms with van der Waals surface area (Å²) in [5.41, 5.74) is 0. The van der Waals surface area contributed by atoms with Gasteiger partial charge < -0.3 is 5.32 Å². The first-order valence-electron chi connectivity index (χ1n) is 5.63. The number of thioether (sulfide) groups is 1. The highest BCUT2D eigenvalue weighted by Crippen LogP contribution is 2.18. The lowest BCUT2D eigenvalue weighted by molar-refractivity contribution is 0.352. The van der Waals surface area contributed by atoms with Gasteiger partial charge in [0.25, 0.3) is 0 Å². The van der Waals surface area contributed by atoms with Crippen LogP contribution in [-0.2, 0) is 0 Å². The molecule has 1 N–H and O–H groups in total. The SMILES string of the molecule is CC.CSCCCC1CCNCC1. The van der Waals surface area contributed by atoms with Crippen LogP contribution >= 0.6 is 11.8 Å². The summed E-state index contributed by atoms with van der Waals surface area (Å²) >= 11 is 1.97. The largest absolute Gasteiger partial charge is 0.317 e. The van der Waals surface area contributed by atoms with E-state index in [9.17, 15) is 0 Å². The van der Waals surface area contributed by atoms with Crippen molar-refractivity contribution < 1.29 is 0 Å². The van der Waals surface area contributed by atoms with Gasteiger partial charge in [0.2, 0.25) is 0 Å². The third-order valence-electron chi connectivity index (χ3n) is 2.42. The Bertz CT molecular complexity index is 90.1. The second-order valence-corrected chi connectivity index (χ2v) is 4.31. The molecule has 0 unspecified atom stereocenters. The number of nitrogens with one attached hydrogen (secondary N) is 1. The minimum atomic E-state index is 1.03. The lowest BCUT2D eigenvalue weighted by Gasteiger charge is -2.22. The standard InChI is InChI=1S/C9H19NS.C2H6/c1-11-8-2-3-9-4-6-10-7-5-9;1-2/h9-10H,2-8H2,1H3;1-2H3. The highest BCUT2D eigenvalue weighted by atomic mass is 32.2. The average Bonchev–Trinajstić information content (AvgIpc) is 2.23. The summed E-state index contributed by atoms with van der Waals surface area (Å²) in [6.07, 6.45) is 7.90. The summed E-state index contributed by atoms with van der Waals surface area (Å²) in [7, 11) is 0. The second-order valence-electron chi connectivity index (χ2n) is 3.33. The van der Waals surface area contributed by atoms with Crippen molar-refractivity contribution in [3.05, 3.63) is 0 Å². The Morgan fingerprint density at radius 3 is 2.38 bits per heavy atom. The third-order valence-corrected chi connectivity index (χ3v) is 3.12. The number of piperidine rings is 1. The van der Waals surface area contributed by atoms with Gasteiger partial charge in [0.1, 0.15) is 0 Å². The van der Waals surface area contributed by atoms with Crippen molar-refractivity contribution >= 4 is 11.8 Å². The minimum Gasteiger partial charge on any atom is -0.317 e. The van der Waals surface area contributed by atoms with E-state index in [0.29, 0.717) is 0 Å². The topological polar surface area (TPSA) is 12.0 Å². The van der Waals surface area contributed by atoms with Crippen molar-refractivity contribution in [3.63, 3.8) is 0 Å². The molecule has 0 atom stereocenters. The van der Waals surface area contributed by atoms with Gasteiger partial charge >= 0.3 is 0 Å². The highest BCUT2D eigenvalue weighted by molar-refractivity contribution is 7.98. The fourth-order valence-corrected chi connectivity index (χ4v) is 2.14. The first-order valence-corrected chi connectivity index (χ1v) is 7.02. The Labute approximate surface area is 88.1 Å². The maximum atomic E-state index is 3.40. The van der Waals surface area contributed by atoms with E-state index in [1.807, 2.05) is 25.6 Å². The fourth-order valence-electron chi connectivity index (χ4n) is 1.69. The summed E-state index contributed by atoms with van der Waals surface area (Å²) in [5, 5.41) is 3.40. The Kier molecular flexibility index (Phi) is 10.6. The van der Waals surface area contributed by atoms with Crippen molar-refractivity contribution in [2.75, 3.05) is 25.1 Å². The van der Waals surface area contributed by atoms with Crippen molar-refractivity contribution in [1.82, 2.24) is 5.32 Å². The molecule has 0 aromatic carbocycles. The molecule has 0 amide bonds. The summed E-state index contributed by atoms with van der Waals surface area (Å²) in [6, 6.07) is 0. The molecule has 1 saturated heterocycles. The maximum absolute atomic E-state index is 3.40. The molecule has 13 heavy (non-hydrogen) atoms. The fraction of sp³-hybridized carbons (Fsp3) is 1.00. The molecule has 0 spiro atoms. The van der Waals surface area contributed by atoms with Crippen LogP contribution in [0.25, 0.3) is 0 Å². The molecule has 0 saturated carbocycles. The van der Waals surface area contributed by atoms with Crippen LogP contribution in [0.1, 0.15) is 39.5 Å². The van der Waals surface area contributed by atoms with Gasteiger partial charge in [-0.25, -0.2) is 0 Å². The Balaban J connectivity index is 0.000000671. The molecule has 1 aliphatic heterocycles. The van der Waals surface area contributed by atoms with E-state index < -0.39 is 0 Å². The first kappa shape index (κ1) is 13.3. The molecule has 80 valence electrons. The Morgan fingerprint density at radius 2 is 1.85 bits per heavy atom. The molecule has 2 heteroatoms. The molecule has 1 aliphatic rings. The maximum Gasteiger partial charge on any atom is -0.00463 e. The molecule has 0 aliphatic carbocycles. The molecule has 0 radical (unpaired) electrons. The van der Waals surface area contributed by atoms with Crippen LogP contribution in [0.15, 0.2) is 0 Å². The van der Waals surface area contributed by atoms with Gasteiger partial charge in [-0.05, 0) is 56.7 Å². The molecule has 1 heterocycles. The average molecular weight is 203 g/mol. The lowest BCUT2D eigenvalue weighted by Crippen LogP contribution is -2.27. The van der Waals surface area contributed by atoms with Crippen molar-refractivity contribution in [3.8, 4) is 0 Å². The molecule has 1 rings (SSSR count). The van der Waals surface area contributed by atoms with E-state index >= 15 is 0 Å². The first-order chi connectivity index (χ1) is 6.43. The number of hydrogen-bond donors (Lipinski definition) is 1. The van der Waals surface area contributed by atoms with Crippen LogP contribution in [0.2, 0.25) is 0 Å². The molecule has 1 nitrogen and oxygen atoms in total. The quantitative estimate of drug-likeness (QED) is 0.704. The molecule has 0 aromatic rings. The molecular weight excluding hydrogens is 178 g/mol. The summed E-state index contributed by atoms with van der Waals surface area (Å²) in [4.78, 5) is 0. The highest BCUT2D eigenvalue weighted by Gasteiger charge is 2.11. The van der Waals surface area contributed by atoms with Crippen molar-refractivity contribution in [2.45, 2.75) is 39.5 Å². The van der Waals surface area contributed by atoms with E-state index in [1.165, 1.54) is 44.5 Å².